The molecule has 3 aromatic rings. The molecule has 8 nitrogen and oxygen atoms in total. The van der Waals surface area contributed by atoms with Gasteiger partial charge in [0.05, 0.1) is 22.8 Å². The fourth-order valence-corrected chi connectivity index (χ4v) is 3.49. The number of esters is 1. The molecule has 0 saturated carbocycles. The number of anilines is 1. The van der Waals surface area contributed by atoms with Crippen LogP contribution in [0.2, 0.25) is 0 Å². The Labute approximate surface area is 173 Å². The van der Waals surface area contributed by atoms with Crippen molar-refractivity contribution in [3.63, 3.8) is 0 Å². The number of carbonyl (C=O) groups is 2. The van der Waals surface area contributed by atoms with Crippen molar-refractivity contribution in [1.82, 2.24) is 5.16 Å². The van der Waals surface area contributed by atoms with E-state index in [1.807, 2.05) is 0 Å². The summed E-state index contributed by atoms with van der Waals surface area (Å²) in [6, 6.07) is 13.9. The molecule has 2 aromatic carbocycles. The molecule has 0 spiro atoms. The second-order valence-electron chi connectivity index (χ2n) is 6.26. The van der Waals surface area contributed by atoms with Crippen LogP contribution in [0.3, 0.4) is 0 Å². The van der Waals surface area contributed by atoms with Crippen LogP contribution >= 0.6 is 0 Å². The van der Waals surface area contributed by atoms with Gasteiger partial charge in [0.1, 0.15) is 0 Å². The van der Waals surface area contributed by atoms with E-state index in [4.69, 9.17) is 9.26 Å². The van der Waals surface area contributed by atoms with Gasteiger partial charge in [-0.25, -0.2) is 13.2 Å². The summed E-state index contributed by atoms with van der Waals surface area (Å²) in [5.41, 5.74) is 1.51. The molecule has 156 valence electrons. The van der Waals surface area contributed by atoms with E-state index in [2.05, 4.69) is 10.5 Å². The van der Waals surface area contributed by atoms with E-state index in [0.29, 0.717) is 22.6 Å². The first-order valence-electron chi connectivity index (χ1n) is 9.22. The lowest BCUT2D eigenvalue weighted by Crippen LogP contribution is -2.12. The molecule has 0 unspecified atom stereocenters. The number of sulfone groups is 1. The van der Waals surface area contributed by atoms with Crippen LogP contribution in [-0.4, -0.2) is 37.8 Å². The SMILES string of the molecule is CCOC(=O)c1ccc(NC(=O)c2cc(-c3ccc(S(=O)(=O)CC)cc3)on2)cc1. The Bertz CT molecular complexity index is 1150. The third-order valence-corrected chi connectivity index (χ3v) is 6.03. The normalized spacial score (nSPS) is 11.1. The van der Waals surface area contributed by atoms with Crippen LogP contribution in [0.4, 0.5) is 5.69 Å². The van der Waals surface area contributed by atoms with Gasteiger partial charge in [0, 0.05) is 17.3 Å². The molecule has 0 aliphatic carbocycles. The molecule has 0 atom stereocenters. The van der Waals surface area contributed by atoms with Gasteiger partial charge in [0.15, 0.2) is 21.3 Å². The molecule has 0 bridgehead atoms. The molecule has 30 heavy (non-hydrogen) atoms. The van der Waals surface area contributed by atoms with Crippen molar-refractivity contribution in [1.29, 1.82) is 0 Å². The number of aromatic nitrogens is 1. The maximum atomic E-state index is 12.4. The predicted octanol–water partition coefficient (Wildman–Crippen LogP) is 3.56. The first-order valence-corrected chi connectivity index (χ1v) is 10.9. The Morgan fingerprint density at radius 2 is 1.70 bits per heavy atom. The highest BCUT2D eigenvalue weighted by molar-refractivity contribution is 7.91. The molecule has 0 saturated heterocycles. The van der Waals surface area contributed by atoms with Gasteiger partial charge >= 0.3 is 5.97 Å². The van der Waals surface area contributed by atoms with Crippen LogP contribution in [0, 0.1) is 0 Å². The topological polar surface area (TPSA) is 116 Å². The van der Waals surface area contributed by atoms with E-state index in [1.54, 1.807) is 50.2 Å². The average Bonchev–Trinajstić information content (AvgIpc) is 3.25. The molecule has 9 heteroatoms. The fraction of sp³-hybridized carbons (Fsp3) is 0.190. The minimum Gasteiger partial charge on any atom is -0.462 e. The highest BCUT2D eigenvalue weighted by Crippen LogP contribution is 2.23. The summed E-state index contributed by atoms with van der Waals surface area (Å²) in [6.07, 6.45) is 0. The standard InChI is InChI=1S/C21H20N2O6S/c1-3-28-21(25)15-5-9-16(10-6-15)22-20(24)18-13-19(29-23-18)14-7-11-17(12-8-14)30(26,27)4-2/h5-13H,3-4H2,1-2H3,(H,22,24). The molecular formula is C21H20N2O6S. The van der Waals surface area contributed by atoms with Crippen LogP contribution in [0.15, 0.2) is 64.0 Å². The monoisotopic (exact) mass is 428 g/mol. The summed E-state index contributed by atoms with van der Waals surface area (Å²) in [7, 11) is -3.29. The summed E-state index contributed by atoms with van der Waals surface area (Å²) in [5.74, 6) is -0.577. The summed E-state index contributed by atoms with van der Waals surface area (Å²) >= 11 is 0. The van der Waals surface area contributed by atoms with E-state index >= 15 is 0 Å². The van der Waals surface area contributed by atoms with Gasteiger partial charge in [-0.2, -0.15) is 0 Å². The second-order valence-corrected chi connectivity index (χ2v) is 8.53. The minimum absolute atomic E-state index is 0.0136. The molecule has 3 rings (SSSR count). The van der Waals surface area contributed by atoms with Crippen molar-refractivity contribution in [2.75, 3.05) is 17.7 Å². The highest BCUT2D eigenvalue weighted by Gasteiger charge is 2.16. The Kier molecular flexibility index (Phi) is 6.31. The van der Waals surface area contributed by atoms with Crippen molar-refractivity contribution in [2.45, 2.75) is 18.7 Å². The maximum absolute atomic E-state index is 12.4. The maximum Gasteiger partial charge on any atom is 0.338 e. The number of nitrogens with zero attached hydrogens (tertiary/aromatic N) is 1. The lowest BCUT2D eigenvalue weighted by Gasteiger charge is -2.05. The van der Waals surface area contributed by atoms with Crippen LogP contribution in [-0.2, 0) is 14.6 Å². The van der Waals surface area contributed by atoms with E-state index in [1.165, 1.54) is 18.2 Å². The second kappa shape index (κ2) is 8.91. The first kappa shape index (κ1) is 21.3. The zero-order valence-electron chi connectivity index (χ0n) is 16.4. The molecule has 1 amide bonds. The average molecular weight is 428 g/mol. The minimum atomic E-state index is -3.29. The lowest BCUT2D eigenvalue weighted by atomic mass is 10.1. The number of benzene rings is 2. The smallest absolute Gasteiger partial charge is 0.338 e. The molecule has 0 fully saturated rings. The van der Waals surface area contributed by atoms with Gasteiger partial charge in [0.25, 0.3) is 5.91 Å². The Morgan fingerprint density at radius 1 is 1.03 bits per heavy atom. The van der Waals surface area contributed by atoms with Crippen LogP contribution in [0.25, 0.3) is 11.3 Å². The molecule has 0 radical (unpaired) electrons. The molecule has 1 heterocycles. The number of nitrogens with one attached hydrogen (secondary N) is 1. The predicted molar refractivity (Wildman–Crippen MR) is 110 cm³/mol. The lowest BCUT2D eigenvalue weighted by molar-refractivity contribution is 0.0526. The molecule has 0 aliphatic rings. The van der Waals surface area contributed by atoms with Gasteiger partial charge in [-0.3, -0.25) is 4.79 Å². The Morgan fingerprint density at radius 3 is 2.30 bits per heavy atom. The van der Waals surface area contributed by atoms with Crippen molar-refractivity contribution < 1.29 is 27.3 Å². The number of amides is 1. The largest absolute Gasteiger partial charge is 0.462 e. The van der Waals surface area contributed by atoms with Crippen LogP contribution < -0.4 is 5.32 Å². The van der Waals surface area contributed by atoms with Gasteiger partial charge in [-0.1, -0.05) is 12.1 Å². The highest BCUT2D eigenvalue weighted by atomic mass is 32.2. The molecule has 1 N–H and O–H groups in total. The summed E-state index contributed by atoms with van der Waals surface area (Å²) in [5, 5.41) is 6.43. The fourth-order valence-electron chi connectivity index (χ4n) is 2.61. The molecule has 0 aliphatic heterocycles. The number of hydrogen-bond donors (Lipinski definition) is 1. The van der Waals surface area contributed by atoms with Gasteiger partial charge < -0.3 is 14.6 Å². The Hall–Kier alpha value is -3.46. The third kappa shape index (κ3) is 4.74. The number of rotatable bonds is 7. The van der Waals surface area contributed by atoms with Crippen molar-refractivity contribution in [2.24, 2.45) is 0 Å². The summed E-state index contributed by atoms with van der Waals surface area (Å²) in [4.78, 5) is 24.3. The van der Waals surface area contributed by atoms with Crippen LogP contribution in [0.5, 0.6) is 0 Å². The number of carbonyl (C=O) groups excluding carboxylic acids is 2. The van der Waals surface area contributed by atoms with Gasteiger partial charge in [0.2, 0.25) is 0 Å². The van der Waals surface area contributed by atoms with E-state index in [9.17, 15) is 18.0 Å². The Balaban J connectivity index is 1.70. The molecular weight excluding hydrogens is 408 g/mol. The van der Waals surface area contributed by atoms with Crippen molar-refractivity contribution >= 4 is 27.4 Å². The van der Waals surface area contributed by atoms with Crippen LogP contribution in [0.1, 0.15) is 34.7 Å². The van der Waals surface area contributed by atoms with Crippen molar-refractivity contribution in [3.8, 4) is 11.3 Å². The summed E-state index contributed by atoms with van der Waals surface area (Å²) in [6.45, 7) is 3.58. The van der Waals surface area contributed by atoms with E-state index in [0.717, 1.165) is 0 Å². The zero-order chi connectivity index (χ0) is 21.7. The summed E-state index contributed by atoms with van der Waals surface area (Å²) < 4.78 is 33.9. The molecule has 1 aromatic heterocycles. The van der Waals surface area contributed by atoms with Crippen molar-refractivity contribution in [3.05, 3.63) is 65.9 Å². The van der Waals surface area contributed by atoms with Gasteiger partial charge in [-0.15, -0.1) is 0 Å². The quantitative estimate of drug-likeness (QED) is 0.572. The first-order chi connectivity index (χ1) is 14.3. The van der Waals surface area contributed by atoms with E-state index < -0.39 is 21.7 Å². The van der Waals surface area contributed by atoms with E-state index in [-0.39, 0.29) is 22.9 Å². The third-order valence-electron chi connectivity index (χ3n) is 4.27. The number of ether oxygens (including phenoxy) is 1. The number of hydrogen-bond acceptors (Lipinski definition) is 7. The zero-order valence-corrected chi connectivity index (χ0v) is 17.2. The van der Waals surface area contributed by atoms with Gasteiger partial charge in [-0.05, 0) is 55.5 Å².